The van der Waals surface area contributed by atoms with E-state index in [-0.39, 0.29) is 5.91 Å². The third-order valence-corrected chi connectivity index (χ3v) is 5.19. The molecule has 0 saturated heterocycles. The molecular weight excluding hydrogens is 384 g/mol. The SMILES string of the molecule is Cc1ccc2oc(Cc3ccc(NC(=O)/C=C/c4ccc(C(C)C)cc4)cc3)nc2c1. The van der Waals surface area contributed by atoms with Crippen LogP contribution in [0.25, 0.3) is 17.2 Å². The van der Waals surface area contributed by atoms with E-state index in [1.165, 1.54) is 5.56 Å². The molecule has 0 spiro atoms. The van der Waals surface area contributed by atoms with E-state index < -0.39 is 0 Å². The topological polar surface area (TPSA) is 55.1 Å². The molecule has 0 bridgehead atoms. The average Bonchev–Trinajstić information content (AvgIpc) is 3.15. The number of hydrogen-bond donors (Lipinski definition) is 1. The highest BCUT2D eigenvalue weighted by molar-refractivity contribution is 6.01. The molecule has 0 fully saturated rings. The lowest BCUT2D eigenvalue weighted by Crippen LogP contribution is -2.07. The zero-order valence-electron chi connectivity index (χ0n) is 18.1. The first kappa shape index (κ1) is 20.6. The van der Waals surface area contributed by atoms with Crippen LogP contribution in [0.2, 0.25) is 0 Å². The number of aryl methyl sites for hydroxylation is 1. The number of carbonyl (C=O) groups is 1. The van der Waals surface area contributed by atoms with Gasteiger partial charge in [-0.2, -0.15) is 0 Å². The summed E-state index contributed by atoms with van der Waals surface area (Å²) in [6.07, 6.45) is 3.98. The average molecular weight is 411 g/mol. The Morgan fingerprint density at radius 2 is 1.77 bits per heavy atom. The van der Waals surface area contributed by atoms with Crippen molar-refractivity contribution in [2.24, 2.45) is 0 Å². The third-order valence-electron chi connectivity index (χ3n) is 5.19. The number of amides is 1. The van der Waals surface area contributed by atoms with Gasteiger partial charge < -0.3 is 9.73 Å². The number of aromatic nitrogens is 1. The minimum absolute atomic E-state index is 0.157. The molecule has 0 atom stereocenters. The van der Waals surface area contributed by atoms with Crippen LogP contribution in [0.1, 0.15) is 47.9 Å². The number of nitrogens with one attached hydrogen (secondary N) is 1. The quantitative estimate of drug-likeness (QED) is 0.369. The molecule has 0 radical (unpaired) electrons. The van der Waals surface area contributed by atoms with E-state index in [0.717, 1.165) is 33.5 Å². The van der Waals surface area contributed by atoms with Gasteiger partial charge >= 0.3 is 0 Å². The first-order valence-electron chi connectivity index (χ1n) is 10.5. The summed E-state index contributed by atoms with van der Waals surface area (Å²) in [5, 5.41) is 2.90. The second kappa shape index (κ2) is 9.00. The maximum atomic E-state index is 12.2. The Morgan fingerprint density at radius 3 is 2.48 bits per heavy atom. The summed E-state index contributed by atoms with van der Waals surface area (Å²) in [5.74, 6) is 1.02. The number of anilines is 1. The molecule has 1 heterocycles. The fraction of sp³-hybridized carbons (Fsp3) is 0.185. The highest BCUT2D eigenvalue weighted by atomic mass is 16.3. The molecule has 1 amide bonds. The van der Waals surface area contributed by atoms with Gasteiger partial charge in [0.05, 0.1) is 0 Å². The van der Waals surface area contributed by atoms with Gasteiger partial charge in [-0.15, -0.1) is 0 Å². The van der Waals surface area contributed by atoms with Crippen LogP contribution in [-0.2, 0) is 11.2 Å². The predicted octanol–water partition coefficient (Wildman–Crippen LogP) is 6.50. The molecule has 31 heavy (non-hydrogen) atoms. The Balaban J connectivity index is 1.35. The highest BCUT2D eigenvalue weighted by Gasteiger charge is 2.07. The van der Waals surface area contributed by atoms with Crippen molar-refractivity contribution < 1.29 is 9.21 Å². The van der Waals surface area contributed by atoms with Gasteiger partial charge in [0.1, 0.15) is 5.52 Å². The van der Waals surface area contributed by atoms with Crippen LogP contribution in [0, 0.1) is 6.92 Å². The van der Waals surface area contributed by atoms with Gasteiger partial charge in [-0.05, 0) is 65.4 Å². The molecule has 4 aromatic rings. The molecule has 0 aliphatic carbocycles. The summed E-state index contributed by atoms with van der Waals surface area (Å²) >= 11 is 0. The molecular formula is C27H26N2O2. The van der Waals surface area contributed by atoms with E-state index in [4.69, 9.17) is 4.42 Å². The van der Waals surface area contributed by atoms with Gasteiger partial charge in [0, 0.05) is 18.2 Å². The minimum Gasteiger partial charge on any atom is -0.440 e. The van der Waals surface area contributed by atoms with E-state index in [0.29, 0.717) is 18.2 Å². The zero-order valence-corrected chi connectivity index (χ0v) is 18.1. The summed E-state index contributed by atoms with van der Waals surface area (Å²) in [7, 11) is 0. The van der Waals surface area contributed by atoms with Crippen molar-refractivity contribution in [2.75, 3.05) is 5.32 Å². The van der Waals surface area contributed by atoms with Gasteiger partial charge in [0.15, 0.2) is 11.5 Å². The van der Waals surface area contributed by atoms with Crippen LogP contribution in [0.3, 0.4) is 0 Å². The minimum atomic E-state index is -0.157. The maximum Gasteiger partial charge on any atom is 0.248 e. The van der Waals surface area contributed by atoms with Crippen molar-refractivity contribution in [1.82, 2.24) is 4.98 Å². The summed E-state index contributed by atoms with van der Waals surface area (Å²) in [5.41, 5.74) is 6.95. The Bertz CT molecular complexity index is 1220. The van der Waals surface area contributed by atoms with Gasteiger partial charge in [-0.25, -0.2) is 4.98 Å². The normalized spacial score (nSPS) is 11.5. The number of fused-ring (bicyclic) bond motifs is 1. The largest absolute Gasteiger partial charge is 0.440 e. The van der Waals surface area contributed by atoms with Crippen molar-refractivity contribution in [3.8, 4) is 0 Å². The lowest BCUT2D eigenvalue weighted by Gasteiger charge is -2.05. The first-order chi connectivity index (χ1) is 15.0. The lowest BCUT2D eigenvalue weighted by molar-refractivity contribution is -0.111. The van der Waals surface area contributed by atoms with E-state index >= 15 is 0 Å². The van der Waals surface area contributed by atoms with Crippen LogP contribution >= 0.6 is 0 Å². The number of benzene rings is 3. The molecule has 1 N–H and O–H groups in total. The second-order valence-corrected chi connectivity index (χ2v) is 8.10. The van der Waals surface area contributed by atoms with Gasteiger partial charge in [0.25, 0.3) is 0 Å². The van der Waals surface area contributed by atoms with E-state index in [1.807, 2.05) is 67.6 Å². The maximum absolute atomic E-state index is 12.2. The Kier molecular flexibility index (Phi) is 5.99. The summed E-state index contributed by atoms with van der Waals surface area (Å²) in [6.45, 7) is 6.37. The molecule has 3 aromatic carbocycles. The van der Waals surface area contributed by atoms with Gasteiger partial charge in [-0.1, -0.05) is 56.3 Å². The van der Waals surface area contributed by atoms with E-state index in [9.17, 15) is 4.79 Å². The van der Waals surface area contributed by atoms with Crippen LogP contribution in [0.4, 0.5) is 5.69 Å². The third kappa shape index (κ3) is 5.28. The molecule has 0 unspecified atom stereocenters. The van der Waals surface area contributed by atoms with Crippen molar-refractivity contribution in [3.63, 3.8) is 0 Å². The first-order valence-corrected chi connectivity index (χ1v) is 10.5. The summed E-state index contributed by atoms with van der Waals surface area (Å²) in [4.78, 5) is 16.8. The van der Waals surface area contributed by atoms with Crippen LogP contribution in [0.5, 0.6) is 0 Å². The van der Waals surface area contributed by atoms with Gasteiger partial charge in [-0.3, -0.25) is 4.79 Å². The second-order valence-electron chi connectivity index (χ2n) is 8.10. The number of carbonyl (C=O) groups excluding carboxylic acids is 1. The number of hydrogen-bond acceptors (Lipinski definition) is 3. The fourth-order valence-electron chi connectivity index (χ4n) is 3.39. The Hall–Kier alpha value is -3.66. The Labute approximate surface area is 182 Å². The van der Waals surface area contributed by atoms with Gasteiger partial charge in [0.2, 0.25) is 5.91 Å². The molecule has 156 valence electrons. The monoisotopic (exact) mass is 410 g/mol. The fourth-order valence-corrected chi connectivity index (χ4v) is 3.39. The molecule has 0 aliphatic heterocycles. The molecule has 0 aliphatic rings. The summed E-state index contributed by atoms with van der Waals surface area (Å²) in [6, 6.07) is 22.0. The zero-order chi connectivity index (χ0) is 21.8. The van der Waals surface area contributed by atoms with Crippen LogP contribution < -0.4 is 5.32 Å². The smallest absolute Gasteiger partial charge is 0.248 e. The highest BCUT2D eigenvalue weighted by Crippen LogP contribution is 2.20. The van der Waals surface area contributed by atoms with E-state index in [2.05, 4.69) is 36.3 Å². The predicted molar refractivity (Wildman–Crippen MR) is 126 cm³/mol. The van der Waals surface area contributed by atoms with Crippen molar-refractivity contribution in [2.45, 2.75) is 33.1 Å². The van der Waals surface area contributed by atoms with Crippen LogP contribution in [-0.4, -0.2) is 10.9 Å². The molecule has 4 rings (SSSR count). The number of rotatable bonds is 6. The number of nitrogens with zero attached hydrogens (tertiary/aromatic N) is 1. The summed E-state index contributed by atoms with van der Waals surface area (Å²) < 4.78 is 5.83. The van der Waals surface area contributed by atoms with Crippen molar-refractivity contribution >= 4 is 28.8 Å². The van der Waals surface area contributed by atoms with E-state index in [1.54, 1.807) is 6.08 Å². The number of oxazole rings is 1. The molecule has 4 nitrogen and oxygen atoms in total. The molecule has 1 aromatic heterocycles. The Morgan fingerprint density at radius 1 is 1.03 bits per heavy atom. The molecule has 0 saturated carbocycles. The molecule has 4 heteroatoms. The van der Waals surface area contributed by atoms with Crippen molar-refractivity contribution in [1.29, 1.82) is 0 Å². The van der Waals surface area contributed by atoms with Crippen LogP contribution in [0.15, 0.2) is 77.2 Å². The standard InChI is InChI=1S/C27H26N2O2/c1-18(2)22-10-5-20(6-11-22)9-15-26(30)28-23-12-7-21(8-13-23)17-27-29-24-16-19(3)4-14-25(24)31-27/h4-16,18H,17H2,1-3H3,(H,28,30)/b15-9+. The van der Waals surface area contributed by atoms with Crippen molar-refractivity contribution in [3.05, 3.63) is 101 Å². The lowest BCUT2D eigenvalue weighted by atomic mass is 10.0.